The molecule has 3 aromatic rings. The summed E-state index contributed by atoms with van der Waals surface area (Å²) in [4.78, 5) is 39.9. The normalized spacial score (nSPS) is 14.1. The van der Waals surface area contributed by atoms with Gasteiger partial charge in [-0.15, -0.1) is 0 Å². The minimum absolute atomic E-state index is 0.159. The summed E-state index contributed by atoms with van der Waals surface area (Å²) in [5.74, 6) is 0.180. The van der Waals surface area contributed by atoms with Crippen LogP contribution in [0.15, 0.2) is 48.9 Å². The molecule has 4 rings (SSSR count). The molecule has 156 valence electrons. The van der Waals surface area contributed by atoms with Crippen molar-refractivity contribution in [2.24, 2.45) is 0 Å². The predicted molar refractivity (Wildman–Crippen MR) is 113 cm³/mol. The van der Waals surface area contributed by atoms with Gasteiger partial charge in [-0.25, -0.2) is 9.97 Å². The summed E-state index contributed by atoms with van der Waals surface area (Å²) in [5.41, 5.74) is 2.29. The second-order valence-electron chi connectivity index (χ2n) is 7.29. The molecule has 1 aliphatic rings. The average molecular weight is 407 g/mol. The van der Waals surface area contributed by atoms with Gasteiger partial charge in [0, 0.05) is 62.1 Å². The van der Waals surface area contributed by atoms with E-state index in [1.807, 2.05) is 29.3 Å². The minimum Gasteiger partial charge on any atom is -0.456 e. The van der Waals surface area contributed by atoms with Crippen LogP contribution in [-0.4, -0.2) is 64.5 Å². The van der Waals surface area contributed by atoms with Crippen LogP contribution in [0.4, 0.5) is 5.95 Å². The lowest BCUT2D eigenvalue weighted by Crippen LogP contribution is -2.50. The number of carbonyl (C=O) groups is 2. The molecule has 1 aliphatic heterocycles. The maximum atomic E-state index is 12.3. The zero-order valence-corrected chi connectivity index (χ0v) is 16.8. The van der Waals surface area contributed by atoms with Crippen LogP contribution >= 0.6 is 0 Å². The number of ether oxygens (including phenoxy) is 1. The monoisotopic (exact) mass is 407 g/mol. The van der Waals surface area contributed by atoms with Crippen LogP contribution in [0.3, 0.4) is 0 Å². The first-order valence-electron chi connectivity index (χ1n) is 10.2. The van der Waals surface area contributed by atoms with Crippen LogP contribution in [0.5, 0.6) is 0 Å². The highest BCUT2D eigenvalue weighted by Gasteiger charge is 2.23. The molecular formula is C22H25N5O3. The van der Waals surface area contributed by atoms with Gasteiger partial charge in [0.15, 0.2) is 6.61 Å². The highest BCUT2D eigenvalue weighted by Crippen LogP contribution is 2.19. The summed E-state index contributed by atoms with van der Waals surface area (Å²) in [5, 5.41) is 1.18. The number of benzene rings is 1. The van der Waals surface area contributed by atoms with E-state index in [2.05, 4.69) is 21.0 Å². The number of esters is 1. The molecule has 0 aliphatic carbocycles. The van der Waals surface area contributed by atoms with Crippen molar-refractivity contribution in [1.82, 2.24) is 19.9 Å². The fraction of sp³-hybridized carbons (Fsp3) is 0.364. The molecule has 1 amide bonds. The van der Waals surface area contributed by atoms with Gasteiger partial charge in [0.25, 0.3) is 5.91 Å². The Balaban J connectivity index is 1.16. The zero-order valence-electron chi connectivity index (χ0n) is 16.8. The van der Waals surface area contributed by atoms with Gasteiger partial charge < -0.3 is 19.5 Å². The lowest BCUT2D eigenvalue weighted by Gasteiger charge is -2.34. The third kappa shape index (κ3) is 4.76. The number of amides is 1. The molecule has 0 bridgehead atoms. The second-order valence-corrected chi connectivity index (χ2v) is 7.29. The van der Waals surface area contributed by atoms with Gasteiger partial charge in [-0.05, 0) is 30.5 Å². The van der Waals surface area contributed by atoms with Crippen molar-refractivity contribution in [2.75, 3.05) is 37.7 Å². The number of fused-ring (bicyclic) bond motifs is 1. The smallest absolute Gasteiger partial charge is 0.306 e. The maximum Gasteiger partial charge on any atom is 0.306 e. The van der Waals surface area contributed by atoms with E-state index in [1.54, 1.807) is 23.4 Å². The molecule has 0 atom stereocenters. The van der Waals surface area contributed by atoms with Gasteiger partial charge in [0.05, 0.1) is 0 Å². The zero-order chi connectivity index (χ0) is 20.8. The number of aromatic nitrogens is 3. The van der Waals surface area contributed by atoms with Gasteiger partial charge in [-0.3, -0.25) is 9.59 Å². The summed E-state index contributed by atoms with van der Waals surface area (Å²) in [6.07, 6.45) is 7.17. The van der Waals surface area contributed by atoms with Crippen LogP contribution in [-0.2, 0) is 20.7 Å². The second kappa shape index (κ2) is 9.39. The topological polar surface area (TPSA) is 91.4 Å². The van der Waals surface area contributed by atoms with Crippen molar-refractivity contribution in [2.45, 2.75) is 19.3 Å². The maximum absolute atomic E-state index is 12.3. The first-order chi connectivity index (χ1) is 14.7. The summed E-state index contributed by atoms with van der Waals surface area (Å²) < 4.78 is 5.20. The van der Waals surface area contributed by atoms with Gasteiger partial charge in [0.2, 0.25) is 5.95 Å². The third-order valence-corrected chi connectivity index (χ3v) is 5.33. The Hall–Kier alpha value is -3.42. The largest absolute Gasteiger partial charge is 0.456 e. The lowest BCUT2D eigenvalue weighted by atomic mass is 10.1. The number of para-hydroxylation sites is 1. The minimum atomic E-state index is -0.334. The number of hydrogen-bond acceptors (Lipinski definition) is 6. The van der Waals surface area contributed by atoms with Crippen LogP contribution in [0.2, 0.25) is 0 Å². The van der Waals surface area contributed by atoms with E-state index < -0.39 is 0 Å². The number of nitrogens with one attached hydrogen (secondary N) is 1. The number of piperazine rings is 1. The molecule has 1 N–H and O–H groups in total. The number of carbonyl (C=O) groups excluding carboxylic acids is 2. The number of aromatic amines is 1. The molecule has 1 aromatic carbocycles. The first kappa shape index (κ1) is 19.9. The van der Waals surface area contributed by atoms with Crippen LogP contribution in [0.1, 0.15) is 18.4 Å². The summed E-state index contributed by atoms with van der Waals surface area (Å²) in [6.45, 7) is 2.25. The third-order valence-electron chi connectivity index (χ3n) is 5.33. The van der Waals surface area contributed by atoms with E-state index in [1.165, 1.54) is 10.9 Å². The molecule has 2 aromatic heterocycles. The molecule has 8 nitrogen and oxygen atoms in total. The SMILES string of the molecule is O=C(CCCc1c[nH]c2ccccc12)OCC(=O)N1CCN(c2ncccn2)CC1. The molecule has 3 heterocycles. The van der Waals surface area contributed by atoms with Crippen LogP contribution in [0, 0.1) is 0 Å². The molecule has 1 fully saturated rings. The molecule has 0 radical (unpaired) electrons. The van der Waals surface area contributed by atoms with Gasteiger partial charge in [0.1, 0.15) is 0 Å². The Morgan fingerprint density at radius 1 is 1.03 bits per heavy atom. The van der Waals surface area contributed by atoms with Crippen molar-refractivity contribution < 1.29 is 14.3 Å². The average Bonchev–Trinajstić information content (AvgIpc) is 3.21. The van der Waals surface area contributed by atoms with Crippen LogP contribution < -0.4 is 4.90 Å². The first-order valence-corrected chi connectivity index (χ1v) is 10.2. The van der Waals surface area contributed by atoms with Gasteiger partial charge in [-0.2, -0.15) is 0 Å². The number of aryl methyl sites for hydroxylation is 1. The summed E-state index contributed by atoms with van der Waals surface area (Å²) in [7, 11) is 0. The molecule has 1 saturated heterocycles. The van der Waals surface area contributed by atoms with Crippen molar-refractivity contribution in [3.63, 3.8) is 0 Å². The standard InChI is InChI=1S/C22H25N5O3/c28-20(26-11-13-27(14-12-26)22-23-9-4-10-24-22)16-30-21(29)8-3-5-17-15-25-19-7-2-1-6-18(17)19/h1-2,4,6-7,9-10,15,25H,3,5,8,11-14,16H2. The van der Waals surface area contributed by atoms with Gasteiger partial charge in [-0.1, -0.05) is 18.2 Å². The fourth-order valence-corrected chi connectivity index (χ4v) is 3.68. The molecule has 0 saturated carbocycles. The molecule has 0 unspecified atom stereocenters. The Morgan fingerprint density at radius 3 is 2.60 bits per heavy atom. The lowest BCUT2D eigenvalue weighted by molar-refractivity contribution is -0.152. The van der Waals surface area contributed by atoms with Crippen LogP contribution in [0.25, 0.3) is 10.9 Å². The summed E-state index contributed by atoms with van der Waals surface area (Å²) >= 11 is 0. The number of anilines is 1. The van der Waals surface area contributed by atoms with E-state index >= 15 is 0 Å². The molecular weight excluding hydrogens is 382 g/mol. The summed E-state index contributed by atoms with van der Waals surface area (Å²) in [6, 6.07) is 9.88. The Kier molecular flexibility index (Phi) is 6.22. The Bertz CT molecular complexity index is 996. The molecule has 0 spiro atoms. The highest BCUT2D eigenvalue weighted by molar-refractivity contribution is 5.83. The molecule has 8 heteroatoms. The Morgan fingerprint density at radius 2 is 1.80 bits per heavy atom. The van der Waals surface area contributed by atoms with E-state index in [0.29, 0.717) is 45.0 Å². The Labute approximate surface area is 174 Å². The number of H-pyrrole nitrogens is 1. The number of rotatable bonds is 7. The predicted octanol–water partition coefficient (Wildman–Crippen LogP) is 2.17. The number of hydrogen-bond donors (Lipinski definition) is 1. The number of nitrogens with zero attached hydrogens (tertiary/aromatic N) is 4. The van der Waals surface area contributed by atoms with Crippen molar-refractivity contribution in [3.8, 4) is 0 Å². The van der Waals surface area contributed by atoms with E-state index in [-0.39, 0.29) is 18.5 Å². The van der Waals surface area contributed by atoms with Crippen molar-refractivity contribution in [1.29, 1.82) is 0 Å². The van der Waals surface area contributed by atoms with E-state index in [9.17, 15) is 9.59 Å². The quantitative estimate of drug-likeness (QED) is 0.604. The van der Waals surface area contributed by atoms with Crippen molar-refractivity contribution >= 4 is 28.7 Å². The fourth-order valence-electron chi connectivity index (χ4n) is 3.68. The molecule has 30 heavy (non-hydrogen) atoms. The van der Waals surface area contributed by atoms with Gasteiger partial charge >= 0.3 is 5.97 Å². The van der Waals surface area contributed by atoms with E-state index in [0.717, 1.165) is 11.9 Å². The van der Waals surface area contributed by atoms with E-state index in [4.69, 9.17) is 4.74 Å². The van der Waals surface area contributed by atoms with Crippen molar-refractivity contribution in [3.05, 3.63) is 54.5 Å². The highest BCUT2D eigenvalue weighted by atomic mass is 16.5.